The molecule has 0 aliphatic carbocycles. The number of nitrogens with zero attached hydrogens (tertiary/aromatic N) is 1. The molecule has 0 spiro atoms. The van der Waals surface area contributed by atoms with Gasteiger partial charge in [0.2, 0.25) is 0 Å². The molecule has 1 atom stereocenters. The number of fused-ring (bicyclic) bond motifs is 1. The van der Waals surface area contributed by atoms with Crippen LogP contribution < -0.4 is 0 Å². The van der Waals surface area contributed by atoms with Crippen LogP contribution in [0.5, 0.6) is 0 Å². The van der Waals surface area contributed by atoms with Crippen LogP contribution in [0.4, 0.5) is 4.39 Å². The Balaban J connectivity index is 2.17. The van der Waals surface area contributed by atoms with Gasteiger partial charge < -0.3 is 5.11 Å². The number of aliphatic hydroxyl groups is 1. The number of benzene rings is 2. The Bertz CT molecular complexity index is 819. The first kappa shape index (κ1) is 14.4. The third-order valence-electron chi connectivity index (χ3n) is 3.33. The van der Waals surface area contributed by atoms with Gasteiger partial charge in [0.1, 0.15) is 11.9 Å². The quantitative estimate of drug-likeness (QED) is 0.656. The van der Waals surface area contributed by atoms with E-state index in [1.54, 1.807) is 30.5 Å². The molecule has 0 saturated carbocycles. The van der Waals surface area contributed by atoms with Crippen molar-refractivity contribution in [1.29, 1.82) is 0 Å². The van der Waals surface area contributed by atoms with Gasteiger partial charge in [0.05, 0.1) is 10.5 Å². The first-order valence-electron chi connectivity index (χ1n) is 6.24. The second kappa shape index (κ2) is 5.72. The highest BCUT2D eigenvalue weighted by atomic mass is 79.9. The molecule has 3 aromatic rings. The monoisotopic (exact) mass is 365 g/mol. The molecule has 0 amide bonds. The summed E-state index contributed by atoms with van der Waals surface area (Å²) in [7, 11) is 0. The van der Waals surface area contributed by atoms with Crippen molar-refractivity contribution in [3.05, 3.63) is 75.1 Å². The van der Waals surface area contributed by atoms with Gasteiger partial charge in [0.15, 0.2) is 0 Å². The lowest BCUT2D eigenvalue weighted by Crippen LogP contribution is -2.04. The molecular formula is C16H10BrClFNO. The molecule has 1 N–H and O–H groups in total. The Morgan fingerprint density at radius 3 is 2.71 bits per heavy atom. The topological polar surface area (TPSA) is 33.1 Å². The van der Waals surface area contributed by atoms with Crippen LogP contribution in [0.2, 0.25) is 5.02 Å². The molecule has 1 heterocycles. The molecule has 0 fully saturated rings. The zero-order chi connectivity index (χ0) is 15.0. The molecule has 2 nitrogen and oxygen atoms in total. The summed E-state index contributed by atoms with van der Waals surface area (Å²) in [6, 6.07) is 12.1. The highest BCUT2D eigenvalue weighted by Crippen LogP contribution is 2.34. The van der Waals surface area contributed by atoms with Crippen LogP contribution in [0, 0.1) is 5.82 Å². The van der Waals surface area contributed by atoms with Gasteiger partial charge in [-0.3, -0.25) is 4.98 Å². The van der Waals surface area contributed by atoms with Crippen molar-refractivity contribution >= 4 is 38.4 Å². The summed E-state index contributed by atoms with van der Waals surface area (Å²) in [4.78, 5) is 4.23. The Morgan fingerprint density at radius 1 is 1.10 bits per heavy atom. The highest BCUT2D eigenvalue weighted by molar-refractivity contribution is 9.10. The maximum Gasteiger partial charge on any atom is 0.149 e. The average Bonchev–Trinajstić information content (AvgIpc) is 2.51. The molecule has 21 heavy (non-hydrogen) atoms. The normalized spacial score (nSPS) is 12.6. The summed E-state index contributed by atoms with van der Waals surface area (Å²) < 4.78 is 14.7. The van der Waals surface area contributed by atoms with Crippen LogP contribution in [-0.2, 0) is 0 Å². The minimum absolute atomic E-state index is 0.0371. The highest BCUT2D eigenvalue weighted by Gasteiger charge is 2.20. The van der Waals surface area contributed by atoms with E-state index in [1.165, 1.54) is 6.07 Å². The summed E-state index contributed by atoms with van der Waals surface area (Å²) >= 11 is 9.05. The van der Waals surface area contributed by atoms with Crippen LogP contribution in [0.3, 0.4) is 0 Å². The molecule has 0 bridgehead atoms. The van der Waals surface area contributed by atoms with Gasteiger partial charge in [-0.2, -0.15) is 0 Å². The SMILES string of the molecule is OC(c1ccc(Br)c(Cl)c1F)c1cccc2ncccc12. The molecule has 1 unspecified atom stereocenters. The van der Waals surface area contributed by atoms with Gasteiger partial charge in [0, 0.05) is 21.6 Å². The number of aromatic nitrogens is 1. The standard InChI is InChI=1S/C16H10BrClFNO/c17-12-7-6-11(15(19)14(12)18)16(21)10-3-1-5-13-9(10)4-2-8-20-13/h1-8,16,21H. The van der Waals surface area contributed by atoms with E-state index in [1.807, 2.05) is 12.1 Å². The summed E-state index contributed by atoms with van der Waals surface area (Å²) in [5, 5.41) is 11.3. The Morgan fingerprint density at radius 2 is 1.90 bits per heavy atom. The zero-order valence-electron chi connectivity index (χ0n) is 10.7. The van der Waals surface area contributed by atoms with E-state index in [0.29, 0.717) is 10.0 Å². The van der Waals surface area contributed by atoms with Gasteiger partial charge in [-0.05, 0) is 39.7 Å². The fourth-order valence-corrected chi connectivity index (χ4v) is 2.76. The number of hydrogen-bond acceptors (Lipinski definition) is 2. The van der Waals surface area contributed by atoms with Crippen molar-refractivity contribution in [3.63, 3.8) is 0 Å². The van der Waals surface area contributed by atoms with E-state index in [9.17, 15) is 9.50 Å². The van der Waals surface area contributed by atoms with Gasteiger partial charge in [0.25, 0.3) is 0 Å². The third kappa shape index (κ3) is 2.55. The van der Waals surface area contributed by atoms with Crippen molar-refractivity contribution in [2.75, 3.05) is 0 Å². The second-order valence-corrected chi connectivity index (χ2v) is 5.82. The van der Waals surface area contributed by atoms with E-state index >= 15 is 0 Å². The molecule has 5 heteroatoms. The summed E-state index contributed by atoms with van der Waals surface area (Å²) in [5.74, 6) is -0.626. The molecule has 0 radical (unpaired) electrons. The fraction of sp³-hybridized carbons (Fsp3) is 0.0625. The molecule has 2 aromatic carbocycles. The van der Waals surface area contributed by atoms with Crippen molar-refractivity contribution in [2.24, 2.45) is 0 Å². The van der Waals surface area contributed by atoms with Gasteiger partial charge in [-0.25, -0.2) is 4.39 Å². The Labute approximate surface area is 134 Å². The summed E-state index contributed by atoms with van der Waals surface area (Å²) in [5.41, 5.74) is 1.48. The minimum Gasteiger partial charge on any atom is -0.384 e. The third-order valence-corrected chi connectivity index (χ3v) is 4.59. The van der Waals surface area contributed by atoms with E-state index in [0.717, 1.165) is 10.9 Å². The molecule has 0 saturated heterocycles. The van der Waals surface area contributed by atoms with E-state index in [4.69, 9.17) is 11.6 Å². The molecule has 1 aromatic heterocycles. The maximum atomic E-state index is 14.3. The van der Waals surface area contributed by atoms with E-state index in [2.05, 4.69) is 20.9 Å². The van der Waals surface area contributed by atoms with Crippen molar-refractivity contribution in [1.82, 2.24) is 4.98 Å². The van der Waals surface area contributed by atoms with Gasteiger partial charge in [-0.15, -0.1) is 0 Å². The summed E-state index contributed by atoms with van der Waals surface area (Å²) in [6.07, 6.45) is 0.568. The molecule has 0 aliphatic heterocycles. The smallest absolute Gasteiger partial charge is 0.149 e. The lowest BCUT2D eigenvalue weighted by molar-refractivity contribution is 0.216. The van der Waals surface area contributed by atoms with Crippen LogP contribution in [-0.4, -0.2) is 10.1 Å². The molecule has 106 valence electrons. The number of pyridine rings is 1. The minimum atomic E-state index is -1.11. The van der Waals surface area contributed by atoms with Crippen LogP contribution in [0.15, 0.2) is 53.1 Å². The van der Waals surface area contributed by atoms with Crippen molar-refractivity contribution in [2.45, 2.75) is 6.10 Å². The number of halogens is 3. The lowest BCUT2D eigenvalue weighted by atomic mass is 9.97. The number of aliphatic hydroxyl groups excluding tert-OH is 1. The molecular weight excluding hydrogens is 357 g/mol. The number of rotatable bonds is 2. The Hall–Kier alpha value is -1.49. The van der Waals surface area contributed by atoms with Gasteiger partial charge >= 0.3 is 0 Å². The van der Waals surface area contributed by atoms with Crippen LogP contribution in [0.1, 0.15) is 17.2 Å². The largest absolute Gasteiger partial charge is 0.384 e. The van der Waals surface area contributed by atoms with E-state index in [-0.39, 0.29) is 10.6 Å². The summed E-state index contributed by atoms with van der Waals surface area (Å²) in [6.45, 7) is 0. The second-order valence-electron chi connectivity index (χ2n) is 4.58. The Kier molecular flexibility index (Phi) is 3.93. The first-order valence-corrected chi connectivity index (χ1v) is 7.42. The van der Waals surface area contributed by atoms with Crippen molar-refractivity contribution in [3.8, 4) is 0 Å². The lowest BCUT2D eigenvalue weighted by Gasteiger charge is -2.15. The van der Waals surface area contributed by atoms with Crippen LogP contribution >= 0.6 is 27.5 Å². The first-order chi connectivity index (χ1) is 10.1. The number of hydrogen-bond donors (Lipinski definition) is 1. The predicted octanol–water partition coefficient (Wildman–Crippen LogP) is 4.87. The van der Waals surface area contributed by atoms with Crippen LogP contribution in [0.25, 0.3) is 10.9 Å². The molecule has 3 rings (SSSR count). The van der Waals surface area contributed by atoms with E-state index < -0.39 is 11.9 Å². The molecule has 0 aliphatic rings. The average molecular weight is 367 g/mol. The van der Waals surface area contributed by atoms with Crippen molar-refractivity contribution < 1.29 is 9.50 Å². The van der Waals surface area contributed by atoms with Gasteiger partial charge in [-0.1, -0.05) is 35.9 Å². The zero-order valence-corrected chi connectivity index (χ0v) is 13.1. The maximum absolute atomic E-state index is 14.3. The fourth-order valence-electron chi connectivity index (χ4n) is 2.29. The predicted molar refractivity (Wildman–Crippen MR) is 84.9 cm³/mol.